The number of fused-ring (bicyclic) bond motifs is 1. The molecule has 1 unspecified atom stereocenters. The van der Waals surface area contributed by atoms with Crippen LogP contribution in [0.4, 0.5) is 4.39 Å². The van der Waals surface area contributed by atoms with Gasteiger partial charge in [-0.2, -0.15) is 12.5 Å². The number of hydrogen-bond donors (Lipinski definition) is 1. The molecule has 0 saturated heterocycles. The summed E-state index contributed by atoms with van der Waals surface area (Å²) in [6.07, 6.45) is 3.45. The zero-order valence-corrected chi connectivity index (χ0v) is 19.5. The van der Waals surface area contributed by atoms with E-state index in [-0.39, 0.29) is 28.3 Å². The lowest BCUT2D eigenvalue weighted by Gasteiger charge is -2.35. The van der Waals surface area contributed by atoms with Gasteiger partial charge in [0.25, 0.3) is 10.0 Å². The van der Waals surface area contributed by atoms with Crippen LogP contribution in [0.3, 0.4) is 0 Å². The Morgan fingerprint density at radius 2 is 1.69 bits per heavy atom. The van der Waals surface area contributed by atoms with Crippen molar-refractivity contribution in [1.82, 2.24) is 9.19 Å². The summed E-state index contributed by atoms with van der Waals surface area (Å²) in [7, 11) is -4.20. The first-order valence-electron chi connectivity index (χ1n) is 10.9. The topological polar surface area (TPSA) is 89.3 Å². The Morgan fingerprint density at radius 1 is 1.00 bits per heavy atom. The summed E-state index contributed by atoms with van der Waals surface area (Å²) in [5.74, 6) is -1.76. The summed E-state index contributed by atoms with van der Waals surface area (Å²) in [5, 5.41) is 13.8. The first-order chi connectivity index (χ1) is 16.7. The Balaban J connectivity index is 1.77. The predicted octanol–water partition coefficient (Wildman–Crippen LogP) is 4.82. The minimum absolute atomic E-state index is 0.00374. The van der Waals surface area contributed by atoms with E-state index in [9.17, 15) is 22.7 Å². The smallest absolute Gasteiger partial charge is 0.357 e. The third-order valence-corrected chi connectivity index (χ3v) is 7.97. The molecule has 0 spiro atoms. The average molecular weight is 489 g/mol. The van der Waals surface area contributed by atoms with Gasteiger partial charge in [-0.3, -0.25) is 0 Å². The van der Waals surface area contributed by atoms with E-state index in [1.54, 1.807) is 36.4 Å². The lowest BCUT2D eigenvalue weighted by molar-refractivity contribution is 0.0690. The van der Waals surface area contributed by atoms with Crippen LogP contribution in [0.5, 0.6) is 0 Å². The second-order valence-corrected chi connectivity index (χ2v) is 10.3. The number of nitrogens with zero attached hydrogens (tertiary/aromatic N) is 2. The largest absolute Gasteiger partial charge is 0.476 e. The van der Waals surface area contributed by atoms with E-state index in [2.05, 4.69) is 5.10 Å². The van der Waals surface area contributed by atoms with Crippen molar-refractivity contribution in [1.29, 1.82) is 0 Å². The number of aromatic nitrogens is 2. The van der Waals surface area contributed by atoms with E-state index in [1.165, 1.54) is 24.3 Å². The summed E-state index contributed by atoms with van der Waals surface area (Å²) < 4.78 is 42.4. The van der Waals surface area contributed by atoms with Crippen molar-refractivity contribution >= 4 is 22.1 Å². The Bertz CT molecular complexity index is 1580. The summed E-state index contributed by atoms with van der Waals surface area (Å²) in [4.78, 5) is 12.0. The van der Waals surface area contributed by atoms with Crippen LogP contribution in [-0.4, -0.2) is 28.7 Å². The molecule has 1 atom stereocenters. The van der Waals surface area contributed by atoms with Gasteiger partial charge in [-0.25, -0.2) is 9.18 Å². The van der Waals surface area contributed by atoms with E-state index < -0.39 is 27.2 Å². The Morgan fingerprint density at radius 3 is 2.34 bits per heavy atom. The van der Waals surface area contributed by atoms with Gasteiger partial charge in [-0.1, -0.05) is 72.3 Å². The lowest BCUT2D eigenvalue weighted by atomic mass is 9.68. The highest BCUT2D eigenvalue weighted by molar-refractivity contribution is 7.89. The molecule has 1 N–H and O–H groups in total. The number of carboxylic acid groups (broad SMARTS) is 1. The molecule has 0 saturated carbocycles. The van der Waals surface area contributed by atoms with Gasteiger partial charge in [0.2, 0.25) is 0 Å². The summed E-state index contributed by atoms with van der Waals surface area (Å²) in [6.45, 7) is 1.84. The van der Waals surface area contributed by atoms with Crippen LogP contribution in [0.15, 0.2) is 89.8 Å². The fraction of sp³-hybridized carbons (Fsp3) is 0.111. The van der Waals surface area contributed by atoms with Gasteiger partial charge in [0.1, 0.15) is 5.82 Å². The number of halogens is 1. The molecule has 1 heterocycles. The number of rotatable bonds is 5. The van der Waals surface area contributed by atoms with Crippen LogP contribution >= 0.6 is 0 Å². The first kappa shape index (κ1) is 22.7. The minimum atomic E-state index is -4.20. The molecule has 0 bridgehead atoms. The summed E-state index contributed by atoms with van der Waals surface area (Å²) in [6, 6.07) is 21.7. The van der Waals surface area contributed by atoms with Crippen LogP contribution in [0, 0.1) is 12.7 Å². The van der Waals surface area contributed by atoms with Crippen LogP contribution in [-0.2, 0) is 21.9 Å². The monoisotopic (exact) mass is 488 g/mol. The second kappa shape index (κ2) is 8.32. The van der Waals surface area contributed by atoms with E-state index >= 15 is 0 Å². The molecule has 4 aromatic rings. The number of aromatic carboxylic acids is 1. The number of aryl methyl sites for hydroxylation is 1. The van der Waals surface area contributed by atoms with Crippen molar-refractivity contribution in [3.8, 4) is 0 Å². The molecule has 8 heteroatoms. The van der Waals surface area contributed by atoms with E-state index in [0.29, 0.717) is 5.56 Å². The molecular formula is C27H21FN2O4S. The first-order valence-corrected chi connectivity index (χ1v) is 12.3. The zero-order valence-electron chi connectivity index (χ0n) is 18.7. The molecule has 6 nitrogen and oxygen atoms in total. The average Bonchev–Trinajstić information content (AvgIpc) is 3.24. The molecule has 176 valence electrons. The third kappa shape index (κ3) is 3.76. The highest BCUT2D eigenvalue weighted by atomic mass is 32.2. The third-order valence-electron chi connectivity index (χ3n) is 6.35. The molecule has 3 aromatic carbocycles. The fourth-order valence-corrected chi connectivity index (χ4v) is 5.88. The standard InChI is InChI=1S/C27H21FN2O4S/c1-18-10-12-22(13-11-18)35(33,34)30-24-17-27(19-6-3-2-4-7-19,20-8-5-9-21(28)16-20)15-14-23(24)25(29-30)26(31)32/h2-16H,17H2,1H3,(H,31,32). The highest BCUT2D eigenvalue weighted by Gasteiger charge is 2.40. The second-order valence-electron chi connectivity index (χ2n) is 8.53. The molecule has 1 aliphatic carbocycles. The van der Waals surface area contributed by atoms with Gasteiger partial charge < -0.3 is 5.11 Å². The molecule has 0 fully saturated rings. The van der Waals surface area contributed by atoms with E-state index in [0.717, 1.165) is 15.2 Å². The van der Waals surface area contributed by atoms with E-state index in [4.69, 9.17) is 0 Å². The molecule has 0 amide bonds. The van der Waals surface area contributed by atoms with Crippen LogP contribution in [0.2, 0.25) is 0 Å². The Labute approximate surface area is 202 Å². The van der Waals surface area contributed by atoms with Crippen molar-refractivity contribution in [2.75, 3.05) is 0 Å². The molecule has 1 aromatic heterocycles. The highest BCUT2D eigenvalue weighted by Crippen LogP contribution is 2.43. The number of hydrogen-bond acceptors (Lipinski definition) is 4. The van der Waals surface area contributed by atoms with Gasteiger partial charge in [-0.15, -0.1) is 5.10 Å². The number of benzene rings is 3. The minimum Gasteiger partial charge on any atom is -0.476 e. The van der Waals surface area contributed by atoms with Crippen molar-refractivity contribution in [3.63, 3.8) is 0 Å². The summed E-state index contributed by atoms with van der Waals surface area (Å²) in [5.41, 5.74) is 1.46. The quantitative estimate of drug-likeness (QED) is 0.435. The molecule has 1 aliphatic rings. The Hall–Kier alpha value is -4.04. The van der Waals surface area contributed by atoms with Gasteiger partial charge in [0.15, 0.2) is 5.69 Å². The predicted molar refractivity (Wildman–Crippen MR) is 129 cm³/mol. The molecular weight excluding hydrogens is 467 g/mol. The maximum absolute atomic E-state index is 14.3. The fourth-order valence-electron chi connectivity index (χ4n) is 4.56. The van der Waals surface area contributed by atoms with Gasteiger partial charge in [-0.05, 0) is 42.3 Å². The van der Waals surface area contributed by atoms with Gasteiger partial charge in [0, 0.05) is 17.4 Å². The summed E-state index contributed by atoms with van der Waals surface area (Å²) >= 11 is 0. The van der Waals surface area contributed by atoms with E-state index in [1.807, 2.05) is 37.3 Å². The maximum atomic E-state index is 14.3. The molecule has 5 rings (SSSR count). The van der Waals surface area contributed by atoms with Gasteiger partial charge >= 0.3 is 5.97 Å². The number of allylic oxidation sites excluding steroid dienone is 1. The zero-order chi connectivity index (χ0) is 24.8. The van der Waals surface area contributed by atoms with Crippen molar-refractivity contribution in [2.24, 2.45) is 0 Å². The lowest BCUT2D eigenvalue weighted by Crippen LogP contribution is -2.32. The molecule has 35 heavy (non-hydrogen) atoms. The van der Waals surface area contributed by atoms with Crippen LogP contribution in [0.25, 0.3) is 6.08 Å². The SMILES string of the molecule is Cc1ccc(S(=O)(=O)n2nc(C(=O)O)c3c2CC(c2ccccc2)(c2cccc(F)c2)C=C3)cc1. The Kier molecular flexibility index (Phi) is 5.40. The van der Waals surface area contributed by atoms with Crippen molar-refractivity contribution in [3.05, 3.63) is 124 Å². The normalized spacial score (nSPS) is 17.2. The molecule has 0 radical (unpaired) electrons. The van der Waals surface area contributed by atoms with Gasteiger partial charge in [0.05, 0.1) is 10.6 Å². The van der Waals surface area contributed by atoms with Crippen molar-refractivity contribution < 1.29 is 22.7 Å². The number of carbonyl (C=O) groups is 1. The number of carboxylic acids is 1. The maximum Gasteiger partial charge on any atom is 0.357 e. The molecule has 0 aliphatic heterocycles. The van der Waals surface area contributed by atoms with Crippen molar-refractivity contribution in [2.45, 2.75) is 23.7 Å². The van der Waals surface area contributed by atoms with Crippen LogP contribution in [0.1, 0.15) is 38.4 Å². The van der Waals surface area contributed by atoms with Crippen LogP contribution < -0.4 is 0 Å².